The van der Waals surface area contributed by atoms with Crippen LogP contribution in [0.4, 0.5) is 0 Å². The van der Waals surface area contributed by atoms with E-state index in [-0.39, 0.29) is 29.8 Å². The lowest BCUT2D eigenvalue weighted by atomic mass is 9.98. The first-order chi connectivity index (χ1) is 14.8. The number of carbonyl (C=O) groups excluding carboxylic acids is 1. The molecule has 1 saturated heterocycles. The molecule has 0 aliphatic carbocycles. The molecule has 1 amide bonds. The van der Waals surface area contributed by atoms with E-state index in [4.69, 9.17) is 21.1 Å². The Morgan fingerprint density at radius 2 is 1.74 bits per heavy atom. The first-order valence-electron chi connectivity index (χ1n) is 9.66. The van der Waals surface area contributed by atoms with Gasteiger partial charge in [0.2, 0.25) is 15.9 Å². The Bertz CT molecular complexity index is 1050. The molecule has 31 heavy (non-hydrogen) atoms. The summed E-state index contributed by atoms with van der Waals surface area (Å²) in [6.07, 6.45) is 2.36. The molecule has 2 aromatic carbocycles. The summed E-state index contributed by atoms with van der Waals surface area (Å²) in [7, 11) is -0.507. The number of rotatable bonds is 7. The zero-order valence-electron chi connectivity index (χ0n) is 17.2. The normalized spacial score (nSPS) is 15.7. The summed E-state index contributed by atoms with van der Waals surface area (Å²) in [5.74, 6) is 0.621. The van der Waals surface area contributed by atoms with E-state index < -0.39 is 10.0 Å². The van der Waals surface area contributed by atoms with Crippen LogP contribution < -0.4 is 14.9 Å². The Hall–Kier alpha value is -2.62. The Kier molecular flexibility index (Phi) is 7.53. The average Bonchev–Trinajstić information content (AvgIpc) is 2.79. The number of methoxy groups -OCH3 is 2. The van der Waals surface area contributed by atoms with Crippen molar-refractivity contribution < 1.29 is 22.7 Å². The van der Waals surface area contributed by atoms with Gasteiger partial charge >= 0.3 is 0 Å². The molecule has 0 bridgehead atoms. The lowest BCUT2D eigenvalue weighted by molar-refractivity contribution is -0.126. The molecular weight excluding hydrogens is 442 g/mol. The number of hydrogen-bond donors (Lipinski definition) is 1. The van der Waals surface area contributed by atoms with Gasteiger partial charge in [-0.1, -0.05) is 11.6 Å². The topological polar surface area (TPSA) is 97.3 Å². The Morgan fingerprint density at radius 3 is 2.35 bits per heavy atom. The van der Waals surface area contributed by atoms with Crippen molar-refractivity contribution in [3.05, 3.63) is 53.1 Å². The van der Waals surface area contributed by atoms with Crippen LogP contribution in [0.1, 0.15) is 18.4 Å². The summed E-state index contributed by atoms with van der Waals surface area (Å²) >= 11 is 5.83. The average molecular weight is 466 g/mol. The fourth-order valence-corrected chi connectivity index (χ4v) is 4.90. The zero-order valence-corrected chi connectivity index (χ0v) is 18.8. The van der Waals surface area contributed by atoms with E-state index in [2.05, 4.69) is 10.5 Å². The van der Waals surface area contributed by atoms with Gasteiger partial charge in [0.05, 0.1) is 25.3 Å². The van der Waals surface area contributed by atoms with E-state index in [9.17, 15) is 13.2 Å². The van der Waals surface area contributed by atoms with E-state index >= 15 is 0 Å². The molecule has 0 atom stereocenters. The number of nitrogens with one attached hydrogen (secondary N) is 1. The molecule has 0 saturated carbocycles. The summed E-state index contributed by atoms with van der Waals surface area (Å²) in [6, 6.07) is 11.3. The number of ether oxygens (including phenoxy) is 2. The molecule has 1 fully saturated rings. The molecule has 0 aromatic heterocycles. The largest absolute Gasteiger partial charge is 0.493 e. The van der Waals surface area contributed by atoms with Gasteiger partial charge in [0.15, 0.2) is 11.5 Å². The van der Waals surface area contributed by atoms with Gasteiger partial charge in [-0.2, -0.15) is 9.41 Å². The number of piperidine rings is 1. The first kappa shape index (κ1) is 23.1. The van der Waals surface area contributed by atoms with Gasteiger partial charge in [0.1, 0.15) is 0 Å². The van der Waals surface area contributed by atoms with Crippen LogP contribution >= 0.6 is 11.6 Å². The van der Waals surface area contributed by atoms with E-state index in [1.54, 1.807) is 44.6 Å². The van der Waals surface area contributed by atoms with Crippen molar-refractivity contribution in [2.75, 3.05) is 27.3 Å². The van der Waals surface area contributed by atoms with Crippen molar-refractivity contribution in [3.8, 4) is 11.5 Å². The predicted octanol–water partition coefficient (Wildman–Crippen LogP) is 2.91. The van der Waals surface area contributed by atoms with Crippen molar-refractivity contribution in [1.82, 2.24) is 9.73 Å². The monoisotopic (exact) mass is 465 g/mol. The minimum absolute atomic E-state index is 0.194. The molecular formula is C21H24ClN3O5S. The number of hydrazone groups is 1. The smallest absolute Gasteiger partial charge is 0.243 e. The van der Waals surface area contributed by atoms with Crippen molar-refractivity contribution >= 4 is 33.7 Å². The number of nitrogens with zero attached hydrogens (tertiary/aromatic N) is 2. The van der Waals surface area contributed by atoms with Gasteiger partial charge in [0.25, 0.3) is 0 Å². The molecule has 1 N–H and O–H groups in total. The number of halogens is 1. The van der Waals surface area contributed by atoms with Crippen molar-refractivity contribution in [1.29, 1.82) is 0 Å². The molecule has 10 heteroatoms. The molecule has 0 spiro atoms. The van der Waals surface area contributed by atoms with E-state index in [0.717, 1.165) is 5.56 Å². The fourth-order valence-electron chi connectivity index (χ4n) is 3.31. The summed E-state index contributed by atoms with van der Waals surface area (Å²) < 4.78 is 37.3. The Morgan fingerprint density at radius 1 is 1.10 bits per heavy atom. The number of amides is 1. The summed E-state index contributed by atoms with van der Waals surface area (Å²) in [5.41, 5.74) is 3.27. The number of hydrogen-bond acceptors (Lipinski definition) is 6. The highest BCUT2D eigenvalue weighted by atomic mass is 35.5. The standard InChI is InChI=1S/C21H24ClN3O5S/c1-29-19-8-3-15(13-20(19)30-2)14-23-24-21(26)16-9-11-25(12-10-16)31(27,28)18-6-4-17(22)5-7-18/h3-8,13-14,16H,9-12H2,1-2H3,(H,24,26)/b23-14+. The van der Waals surface area contributed by atoms with Crippen LogP contribution in [0.3, 0.4) is 0 Å². The minimum Gasteiger partial charge on any atom is -0.493 e. The molecule has 3 rings (SSSR count). The lowest BCUT2D eigenvalue weighted by Gasteiger charge is -2.30. The van der Waals surface area contributed by atoms with Crippen LogP contribution in [-0.4, -0.2) is 52.2 Å². The van der Waals surface area contributed by atoms with Crippen LogP contribution in [0, 0.1) is 5.92 Å². The third-order valence-corrected chi connectivity index (χ3v) is 7.24. The van der Waals surface area contributed by atoms with Crippen LogP contribution in [0.25, 0.3) is 0 Å². The van der Waals surface area contributed by atoms with Crippen molar-refractivity contribution in [2.45, 2.75) is 17.7 Å². The molecule has 0 radical (unpaired) electrons. The third kappa shape index (κ3) is 5.55. The molecule has 166 valence electrons. The summed E-state index contributed by atoms with van der Waals surface area (Å²) in [5, 5.41) is 4.48. The summed E-state index contributed by atoms with van der Waals surface area (Å²) in [4.78, 5) is 12.6. The second-order valence-corrected chi connectivity index (χ2v) is 9.36. The molecule has 8 nitrogen and oxygen atoms in total. The number of benzene rings is 2. The second-order valence-electron chi connectivity index (χ2n) is 6.98. The van der Waals surface area contributed by atoms with Gasteiger partial charge < -0.3 is 9.47 Å². The first-order valence-corrected chi connectivity index (χ1v) is 11.5. The maximum atomic E-state index is 12.7. The Balaban J connectivity index is 1.54. The van der Waals surface area contributed by atoms with Crippen LogP contribution in [0.5, 0.6) is 11.5 Å². The zero-order chi connectivity index (χ0) is 22.4. The van der Waals surface area contributed by atoms with Gasteiger partial charge in [-0.25, -0.2) is 13.8 Å². The van der Waals surface area contributed by atoms with Crippen LogP contribution in [-0.2, 0) is 14.8 Å². The van der Waals surface area contributed by atoms with Crippen molar-refractivity contribution in [3.63, 3.8) is 0 Å². The van der Waals surface area contributed by atoms with E-state index in [0.29, 0.717) is 29.4 Å². The minimum atomic E-state index is -3.60. The fraction of sp³-hybridized carbons (Fsp3) is 0.333. The Labute approximate surface area is 186 Å². The molecule has 1 heterocycles. The predicted molar refractivity (Wildman–Crippen MR) is 118 cm³/mol. The highest BCUT2D eigenvalue weighted by molar-refractivity contribution is 7.89. The van der Waals surface area contributed by atoms with Crippen LogP contribution in [0.15, 0.2) is 52.5 Å². The molecule has 1 aliphatic rings. The van der Waals surface area contributed by atoms with Crippen molar-refractivity contribution in [2.24, 2.45) is 11.0 Å². The van der Waals surface area contributed by atoms with Crippen LogP contribution in [0.2, 0.25) is 5.02 Å². The molecule has 0 unspecified atom stereocenters. The maximum Gasteiger partial charge on any atom is 0.243 e. The highest BCUT2D eigenvalue weighted by Gasteiger charge is 2.32. The maximum absolute atomic E-state index is 12.7. The second kappa shape index (κ2) is 10.1. The highest BCUT2D eigenvalue weighted by Crippen LogP contribution is 2.27. The van der Waals surface area contributed by atoms with Gasteiger partial charge in [-0.15, -0.1) is 0 Å². The molecule has 2 aromatic rings. The lowest BCUT2D eigenvalue weighted by Crippen LogP contribution is -2.42. The molecule has 1 aliphatic heterocycles. The van der Waals surface area contributed by atoms with E-state index in [1.165, 1.54) is 22.7 Å². The number of sulfonamides is 1. The summed E-state index contributed by atoms with van der Waals surface area (Å²) in [6.45, 7) is 0.533. The van der Waals surface area contributed by atoms with Gasteiger partial charge in [0, 0.05) is 24.0 Å². The van der Waals surface area contributed by atoms with Gasteiger partial charge in [-0.05, 0) is 60.9 Å². The number of carbonyl (C=O) groups is 1. The van der Waals surface area contributed by atoms with Gasteiger partial charge in [-0.3, -0.25) is 4.79 Å². The SMILES string of the molecule is COc1ccc(/C=N/NC(=O)C2CCN(S(=O)(=O)c3ccc(Cl)cc3)CC2)cc1OC. The third-order valence-electron chi connectivity index (χ3n) is 5.07. The van der Waals surface area contributed by atoms with E-state index in [1.807, 2.05) is 0 Å². The quantitative estimate of drug-likeness (QED) is 0.501.